The van der Waals surface area contributed by atoms with Crippen LogP contribution in [0, 0.1) is 0 Å². The van der Waals surface area contributed by atoms with Gasteiger partial charge in [-0.05, 0) is 47.6 Å². The molecular weight excluding hydrogens is 322 g/mol. The highest BCUT2D eigenvalue weighted by Crippen LogP contribution is 2.24. The van der Waals surface area contributed by atoms with Crippen LogP contribution in [0.5, 0.6) is 17.2 Å². The van der Waals surface area contributed by atoms with Crippen LogP contribution in [-0.2, 0) is 0 Å². The van der Waals surface area contributed by atoms with E-state index in [1.807, 2.05) is 68.7 Å². The van der Waals surface area contributed by atoms with Crippen LogP contribution < -0.4 is 14.2 Å². The van der Waals surface area contributed by atoms with Gasteiger partial charge < -0.3 is 19.1 Å². The Balaban J connectivity index is 2.10. The van der Waals surface area contributed by atoms with E-state index in [4.69, 9.17) is 26.4 Å². The third-order valence-electron chi connectivity index (χ3n) is 3.29. The number of nitrogens with zero attached hydrogens (tertiary/aromatic N) is 1. The average Bonchev–Trinajstić information content (AvgIpc) is 2.60. The van der Waals surface area contributed by atoms with Gasteiger partial charge in [-0.2, -0.15) is 0 Å². The molecule has 2 aromatic carbocycles. The number of benzene rings is 2. The summed E-state index contributed by atoms with van der Waals surface area (Å²) in [4.78, 5) is 1.75. The first-order chi connectivity index (χ1) is 11.5. The minimum atomic E-state index is 0.432. The number of hydrogen-bond acceptors (Lipinski definition) is 4. The molecule has 0 aromatic heterocycles. The van der Waals surface area contributed by atoms with Crippen molar-refractivity contribution in [3.8, 4) is 17.2 Å². The summed E-state index contributed by atoms with van der Waals surface area (Å²) < 4.78 is 16.1. The number of rotatable bonds is 5. The van der Waals surface area contributed by atoms with Crippen LogP contribution in [0.2, 0.25) is 0 Å². The van der Waals surface area contributed by atoms with E-state index in [-0.39, 0.29) is 0 Å². The number of thiocarbonyl (C=S) groups is 1. The van der Waals surface area contributed by atoms with Gasteiger partial charge in [0, 0.05) is 20.2 Å². The SMILES string of the molecule is COc1cc(/C=C/c2ccc(OC(=S)N(C)C)cc2)cc(OC)c1. The Hall–Kier alpha value is -2.53. The molecule has 0 amide bonds. The zero-order chi connectivity index (χ0) is 17.5. The smallest absolute Gasteiger partial charge is 0.264 e. The quantitative estimate of drug-likeness (QED) is 0.603. The molecule has 0 radical (unpaired) electrons. The van der Waals surface area contributed by atoms with Crippen LogP contribution >= 0.6 is 12.2 Å². The third kappa shape index (κ3) is 4.99. The highest BCUT2D eigenvalue weighted by atomic mass is 32.1. The van der Waals surface area contributed by atoms with Gasteiger partial charge in [-0.3, -0.25) is 0 Å². The number of ether oxygens (including phenoxy) is 3. The lowest BCUT2D eigenvalue weighted by molar-refractivity contribution is 0.394. The molecule has 0 bridgehead atoms. The van der Waals surface area contributed by atoms with E-state index in [1.165, 1.54) is 0 Å². The van der Waals surface area contributed by atoms with Crippen molar-refractivity contribution in [3.63, 3.8) is 0 Å². The molecule has 0 heterocycles. The molecule has 0 spiro atoms. The minimum Gasteiger partial charge on any atom is -0.497 e. The minimum absolute atomic E-state index is 0.432. The van der Waals surface area contributed by atoms with E-state index < -0.39 is 0 Å². The molecule has 0 atom stereocenters. The molecule has 2 rings (SSSR count). The van der Waals surface area contributed by atoms with Crippen molar-refractivity contribution in [2.45, 2.75) is 0 Å². The van der Waals surface area contributed by atoms with Crippen LogP contribution in [0.3, 0.4) is 0 Å². The van der Waals surface area contributed by atoms with Crippen molar-refractivity contribution < 1.29 is 14.2 Å². The maximum atomic E-state index is 5.55. The van der Waals surface area contributed by atoms with Crippen molar-refractivity contribution in [2.24, 2.45) is 0 Å². The monoisotopic (exact) mass is 343 g/mol. The predicted octanol–water partition coefficient (Wildman–Crippen LogP) is 4.10. The predicted molar refractivity (Wildman–Crippen MR) is 102 cm³/mol. The van der Waals surface area contributed by atoms with Gasteiger partial charge in [0.1, 0.15) is 17.2 Å². The van der Waals surface area contributed by atoms with Gasteiger partial charge >= 0.3 is 0 Å². The van der Waals surface area contributed by atoms with E-state index in [0.717, 1.165) is 22.6 Å². The fourth-order valence-electron chi connectivity index (χ4n) is 1.96. The second-order valence-electron chi connectivity index (χ2n) is 5.31. The Morgan fingerprint density at radius 2 is 1.38 bits per heavy atom. The van der Waals surface area contributed by atoms with Crippen LogP contribution in [0.15, 0.2) is 42.5 Å². The molecule has 0 N–H and O–H groups in total. The normalized spacial score (nSPS) is 10.5. The highest BCUT2D eigenvalue weighted by molar-refractivity contribution is 7.80. The standard InChI is InChI=1S/C19H21NO3S/c1-20(2)19(24)23-16-9-7-14(8-10-16)5-6-15-11-17(21-3)13-18(12-15)22-4/h5-13H,1-4H3/b6-5+. The molecule has 24 heavy (non-hydrogen) atoms. The molecule has 0 saturated carbocycles. The van der Waals surface area contributed by atoms with Gasteiger partial charge in [0.15, 0.2) is 0 Å². The zero-order valence-electron chi connectivity index (χ0n) is 14.3. The van der Waals surface area contributed by atoms with E-state index in [0.29, 0.717) is 10.9 Å². The summed E-state index contributed by atoms with van der Waals surface area (Å²) in [5.74, 6) is 2.23. The van der Waals surface area contributed by atoms with E-state index in [1.54, 1.807) is 19.1 Å². The molecule has 0 unspecified atom stereocenters. The molecule has 4 nitrogen and oxygen atoms in total. The Morgan fingerprint density at radius 3 is 1.88 bits per heavy atom. The Kier molecular flexibility index (Phi) is 6.21. The van der Waals surface area contributed by atoms with Gasteiger partial charge in [-0.15, -0.1) is 0 Å². The first-order valence-corrected chi connectivity index (χ1v) is 7.83. The van der Waals surface area contributed by atoms with Gasteiger partial charge in [-0.1, -0.05) is 24.3 Å². The molecule has 0 aliphatic carbocycles. The molecule has 0 saturated heterocycles. The molecule has 0 fully saturated rings. The first-order valence-electron chi connectivity index (χ1n) is 7.42. The summed E-state index contributed by atoms with van der Waals surface area (Å²) >= 11 is 5.12. The van der Waals surface area contributed by atoms with Gasteiger partial charge in [0.25, 0.3) is 5.17 Å². The molecule has 2 aromatic rings. The third-order valence-corrected chi connectivity index (χ3v) is 3.74. The van der Waals surface area contributed by atoms with E-state index in [2.05, 4.69) is 0 Å². The summed E-state index contributed by atoms with van der Waals surface area (Å²) in [7, 11) is 6.97. The Bertz CT molecular complexity index is 702. The second kappa shape index (κ2) is 8.36. The van der Waals surface area contributed by atoms with Crippen molar-refractivity contribution in [3.05, 3.63) is 53.6 Å². The largest absolute Gasteiger partial charge is 0.497 e. The highest BCUT2D eigenvalue weighted by Gasteiger charge is 2.02. The fraction of sp³-hybridized carbons (Fsp3) is 0.211. The lowest BCUT2D eigenvalue weighted by atomic mass is 10.1. The molecular formula is C19H21NO3S. The summed E-state index contributed by atoms with van der Waals surface area (Å²) in [6.07, 6.45) is 4.02. The maximum Gasteiger partial charge on any atom is 0.264 e. The van der Waals surface area contributed by atoms with Crippen LogP contribution in [-0.4, -0.2) is 38.4 Å². The molecule has 126 valence electrons. The maximum absolute atomic E-state index is 5.55. The summed E-state index contributed by atoms with van der Waals surface area (Å²) in [5.41, 5.74) is 2.06. The lowest BCUT2D eigenvalue weighted by Gasteiger charge is -2.13. The number of hydrogen-bond donors (Lipinski definition) is 0. The van der Waals surface area contributed by atoms with Crippen LogP contribution in [0.25, 0.3) is 12.2 Å². The van der Waals surface area contributed by atoms with Crippen molar-refractivity contribution >= 4 is 29.5 Å². The van der Waals surface area contributed by atoms with Gasteiger partial charge in [-0.25, -0.2) is 0 Å². The molecule has 0 aliphatic heterocycles. The summed E-state index contributed by atoms with van der Waals surface area (Å²) in [6, 6.07) is 13.5. The van der Waals surface area contributed by atoms with Crippen LogP contribution in [0.4, 0.5) is 0 Å². The zero-order valence-corrected chi connectivity index (χ0v) is 15.1. The van der Waals surface area contributed by atoms with Crippen molar-refractivity contribution in [1.82, 2.24) is 4.90 Å². The van der Waals surface area contributed by atoms with Crippen molar-refractivity contribution in [2.75, 3.05) is 28.3 Å². The summed E-state index contributed by atoms with van der Waals surface area (Å²) in [6.45, 7) is 0. The second-order valence-corrected chi connectivity index (χ2v) is 5.66. The average molecular weight is 343 g/mol. The molecule has 0 aliphatic rings. The number of methoxy groups -OCH3 is 2. The Labute approximate surface area is 148 Å². The van der Waals surface area contributed by atoms with Crippen LogP contribution in [0.1, 0.15) is 11.1 Å². The van der Waals surface area contributed by atoms with E-state index in [9.17, 15) is 0 Å². The van der Waals surface area contributed by atoms with Gasteiger partial charge in [0.2, 0.25) is 0 Å². The molecule has 5 heteroatoms. The van der Waals surface area contributed by atoms with Gasteiger partial charge in [0.05, 0.1) is 14.2 Å². The first kappa shape index (κ1) is 17.8. The topological polar surface area (TPSA) is 30.9 Å². The Morgan fingerprint density at radius 1 is 0.833 bits per heavy atom. The fourth-order valence-corrected chi connectivity index (χ4v) is 2.05. The van der Waals surface area contributed by atoms with E-state index >= 15 is 0 Å². The summed E-state index contributed by atoms with van der Waals surface area (Å²) in [5, 5.41) is 0.432. The lowest BCUT2D eigenvalue weighted by Crippen LogP contribution is -2.24. The van der Waals surface area contributed by atoms with Crippen molar-refractivity contribution in [1.29, 1.82) is 0 Å².